The summed E-state index contributed by atoms with van der Waals surface area (Å²) in [6, 6.07) is -0.0949. The largest absolute Gasteiger partial charge is 0.481 e. The molecule has 3 unspecified atom stereocenters. The van der Waals surface area contributed by atoms with Crippen LogP contribution in [-0.2, 0) is 9.59 Å². The Morgan fingerprint density at radius 2 is 2.14 bits per heavy atom. The molecular formula is C9H15NO4. The predicted molar refractivity (Wildman–Crippen MR) is 48.5 cm³/mol. The average Bonchev–Trinajstić information content (AvgIpc) is 2.82. The molecule has 0 radical (unpaired) electrons. The second-order valence-corrected chi connectivity index (χ2v) is 3.71. The lowest BCUT2D eigenvalue weighted by atomic mass is 10.2. The van der Waals surface area contributed by atoms with E-state index in [1.54, 1.807) is 6.92 Å². The first kappa shape index (κ1) is 11.0. The Morgan fingerprint density at radius 1 is 1.50 bits per heavy atom. The highest BCUT2D eigenvalue weighted by Gasteiger charge is 2.48. The van der Waals surface area contributed by atoms with Crippen molar-refractivity contribution < 1.29 is 19.8 Å². The van der Waals surface area contributed by atoms with Gasteiger partial charge in [0.05, 0.1) is 11.8 Å². The maximum atomic E-state index is 11.3. The Labute approximate surface area is 82.1 Å². The number of carbonyl (C=O) groups is 2. The summed E-state index contributed by atoms with van der Waals surface area (Å²) in [4.78, 5) is 21.8. The predicted octanol–water partition coefficient (Wildman–Crippen LogP) is -0.406. The molecule has 1 aliphatic rings. The average molecular weight is 201 g/mol. The minimum absolute atomic E-state index is 0.0223. The van der Waals surface area contributed by atoms with E-state index in [1.807, 2.05) is 0 Å². The van der Waals surface area contributed by atoms with Crippen LogP contribution in [0, 0.1) is 11.8 Å². The van der Waals surface area contributed by atoms with Crippen LogP contribution in [0.5, 0.6) is 0 Å². The summed E-state index contributed by atoms with van der Waals surface area (Å²) in [7, 11) is 0. The van der Waals surface area contributed by atoms with E-state index in [9.17, 15) is 9.59 Å². The monoisotopic (exact) mass is 201 g/mol. The molecule has 0 bridgehead atoms. The number of rotatable bonds is 5. The first-order chi connectivity index (χ1) is 6.56. The normalized spacial score (nSPS) is 26.7. The van der Waals surface area contributed by atoms with Gasteiger partial charge in [0.2, 0.25) is 5.91 Å². The maximum absolute atomic E-state index is 11.3. The Balaban J connectivity index is 2.27. The third kappa shape index (κ3) is 2.70. The van der Waals surface area contributed by atoms with Gasteiger partial charge in [-0.1, -0.05) is 0 Å². The fourth-order valence-corrected chi connectivity index (χ4v) is 1.37. The zero-order chi connectivity index (χ0) is 10.7. The zero-order valence-electron chi connectivity index (χ0n) is 8.06. The fourth-order valence-electron chi connectivity index (χ4n) is 1.37. The highest BCUT2D eigenvalue weighted by atomic mass is 16.4. The van der Waals surface area contributed by atoms with Crippen molar-refractivity contribution in [3.8, 4) is 0 Å². The van der Waals surface area contributed by atoms with Crippen LogP contribution in [0.1, 0.15) is 19.8 Å². The molecule has 0 spiro atoms. The summed E-state index contributed by atoms with van der Waals surface area (Å²) >= 11 is 0. The van der Waals surface area contributed by atoms with Crippen molar-refractivity contribution in [3.63, 3.8) is 0 Å². The number of amides is 1. The molecule has 0 aromatic carbocycles. The smallest absolute Gasteiger partial charge is 0.307 e. The highest BCUT2D eigenvalue weighted by Crippen LogP contribution is 2.38. The van der Waals surface area contributed by atoms with Crippen molar-refractivity contribution in [2.75, 3.05) is 6.61 Å². The Hall–Kier alpha value is -1.10. The van der Waals surface area contributed by atoms with Crippen LogP contribution in [0.3, 0.4) is 0 Å². The van der Waals surface area contributed by atoms with Crippen LogP contribution in [0.25, 0.3) is 0 Å². The Morgan fingerprint density at radius 3 is 2.57 bits per heavy atom. The van der Waals surface area contributed by atoms with Crippen LogP contribution in [0.15, 0.2) is 0 Å². The third-order valence-corrected chi connectivity index (χ3v) is 2.40. The number of aliphatic hydroxyl groups is 1. The van der Waals surface area contributed by atoms with Crippen molar-refractivity contribution in [2.45, 2.75) is 25.8 Å². The van der Waals surface area contributed by atoms with E-state index < -0.39 is 11.9 Å². The minimum Gasteiger partial charge on any atom is -0.481 e. The van der Waals surface area contributed by atoms with Crippen molar-refractivity contribution in [1.82, 2.24) is 5.32 Å². The molecule has 1 aliphatic carbocycles. The lowest BCUT2D eigenvalue weighted by molar-refractivity contribution is -0.140. The second-order valence-electron chi connectivity index (χ2n) is 3.71. The fraction of sp³-hybridized carbons (Fsp3) is 0.778. The van der Waals surface area contributed by atoms with Gasteiger partial charge < -0.3 is 15.5 Å². The number of hydrogen-bond acceptors (Lipinski definition) is 3. The van der Waals surface area contributed by atoms with Crippen LogP contribution in [0.4, 0.5) is 0 Å². The molecular weight excluding hydrogens is 186 g/mol. The summed E-state index contributed by atoms with van der Waals surface area (Å²) < 4.78 is 0. The van der Waals surface area contributed by atoms with E-state index in [0.717, 1.165) is 0 Å². The van der Waals surface area contributed by atoms with Gasteiger partial charge in [-0.05, 0) is 19.8 Å². The summed E-state index contributed by atoms with van der Waals surface area (Å²) in [5.74, 6) is -1.98. The topological polar surface area (TPSA) is 86.6 Å². The number of carboxylic acids is 1. The second kappa shape index (κ2) is 4.41. The van der Waals surface area contributed by atoms with E-state index >= 15 is 0 Å². The molecule has 0 aromatic heterocycles. The van der Waals surface area contributed by atoms with Crippen LogP contribution >= 0.6 is 0 Å². The number of nitrogens with one attached hydrogen (secondary N) is 1. The SMILES string of the molecule is CC(CCO)NC(=O)C1CC1C(=O)O. The van der Waals surface area contributed by atoms with E-state index in [4.69, 9.17) is 10.2 Å². The van der Waals surface area contributed by atoms with Gasteiger partial charge in [0.1, 0.15) is 0 Å². The number of carbonyl (C=O) groups excluding carboxylic acids is 1. The lowest BCUT2D eigenvalue weighted by Crippen LogP contribution is -2.35. The van der Waals surface area contributed by atoms with Gasteiger partial charge in [-0.3, -0.25) is 9.59 Å². The molecule has 5 heteroatoms. The molecule has 1 saturated carbocycles. The molecule has 0 aromatic rings. The molecule has 1 amide bonds. The lowest BCUT2D eigenvalue weighted by Gasteiger charge is -2.11. The minimum atomic E-state index is -0.903. The molecule has 1 fully saturated rings. The summed E-state index contributed by atoms with van der Waals surface area (Å²) in [6.07, 6.45) is 0.934. The van der Waals surface area contributed by atoms with Crippen molar-refractivity contribution in [1.29, 1.82) is 0 Å². The van der Waals surface area contributed by atoms with Crippen molar-refractivity contribution in [2.24, 2.45) is 11.8 Å². The molecule has 14 heavy (non-hydrogen) atoms. The quantitative estimate of drug-likeness (QED) is 0.564. The maximum Gasteiger partial charge on any atom is 0.307 e. The van der Waals surface area contributed by atoms with Gasteiger partial charge in [0, 0.05) is 12.6 Å². The van der Waals surface area contributed by atoms with Gasteiger partial charge in [0.25, 0.3) is 0 Å². The van der Waals surface area contributed by atoms with E-state index in [0.29, 0.717) is 12.8 Å². The highest BCUT2D eigenvalue weighted by molar-refractivity contribution is 5.89. The molecule has 0 aliphatic heterocycles. The van der Waals surface area contributed by atoms with Gasteiger partial charge >= 0.3 is 5.97 Å². The van der Waals surface area contributed by atoms with E-state index in [1.165, 1.54) is 0 Å². The molecule has 3 N–H and O–H groups in total. The van der Waals surface area contributed by atoms with Gasteiger partial charge in [-0.2, -0.15) is 0 Å². The first-order valence-corrected chi connectivity index (χ1v) is 4.70. The Kier molecular flexibility index (Phi) is 3.46. The van der Waals surface area contributed by atoms with Gasteiger partial charge in [0.15, 0.2) is 0 Å². The van der Waals surface area contributed by atoms with E-state index in [2.05, 4.69) is 5.32 Å². The molecule has 3 atom stereocenters. The summed E-state index contributed by atoms with van der Waals surface area (Å²) in [6.45, 7) is 1.81. The van der Waals surface area contributed by atoms with Crippen LogP contribution < -0.4 is 5.32 Å². The molecule has 1 rings (SSSR count). The third-order valence-electron chi connectivity index (χ3n) is 2.40. The summed E-state index contributed by atoms with van der Waals surface area (Å²) in [5, 5.41) is 19.9. The standard InChI is InChI=1S/C9H15NO4/c1-5(2-3-11)10-8(12)6-4-7(6)9(13)14/h5-7,11H,2-4H2,1H3,(H,10,12)(H,13,14). The number of aliphatic hydroxyl groups excluding tert-OH is 1. The molecule has 0 saturated heterocycles. The number of hydrogen-bond donors (Lipinski definition) is 3. The van der Waals surface area contributed by atoms with Crippen LogP contribution in [0.2, 0.25) is 0 Å². The molecule has 80 valence electrons. The van der Waals surface area contributed by atoms with Gasteiger partial charge in [-0.25, -0.2) is 0 Å². The zero-order valence-corrected chi connectivity index (χ0v) is 8.06. The number of aliphatic carboxylic acids is 1. The molecule has 5 nitrogen and oxygen atoms in total. The Bertz CT molecular complexity index is 241. The van der Waals surface area contributed by atoms with Crippen LogP contribution in [-0.4, -0.2) is 34.7 Å². The summed E-state index contributed by atoms with van der Waals surface area (Å²) in [5.41, 5.74) is 0. The van der Waals surface area contributed by atoms with E-state index in [-0.39, 0.29) is 24.5 Å². The number of carboxylic acid groups (broad SMARTS) is 1. The first-order valence-electron chi connectivity index (χ1n) is 4.70. The van der Waals surface area contributed by atoms with Crippen molar-refractivity contribution >= 4 is 11.9 Å². The van der Waals surface area contributed by atoms with Gasteiger partial charge in [-0.15, -0.1) is 0 Å². The van der Waals surface area contributed by atoms with Crippen molar-refractivity contribution in [3.05, 3.63) is 0 Å². The molecule has 0 heterocycles.